The van der Waals surface area contributed by atoms with Gasteiger partial charge in [-0.1, -0.05) is 25.0 Å². The van der Waals surface area contributed by atoms with Gasteiger partial charge in [-0.15, -0.1) is 0 Å². The summed E-state index contributed by atoms with van der Waals surface area (Å²) in [6.07, 6.45) is 6.34. The molecule has 5 heteroatoms. The molecule has 2 heterocycles. The van der Waals surface area contributed by atoms with E-state index in [9.17, 15) is 8.78 Å². The van der Waals surface area contributed by atoms with E-state index in [1.54, 1.807) is 16.8 Å². The Morgan fingerprint density at radius 3 is 2.82 bits per heavy atom. The van der Waals surface area contributed by atoms with E-state index >= 15 is 0 Å². The smallest absolute Gasteiger partial charge is 0.163 e. The minimum atomic E-state index is -0.776. The number of aromatic nitrogens is 2. The van der Waals surface area contributed by atoms with Crippen LogP contribution in [0.2, 0.25) is 0 Å². The van der Waals surface area contributed by atoms with E-state index in [2.05, 4.69) is 10.00 Å². The first-order valence-corrected chi connectivity index (χ1v) is 7.81. The summed E-state index contributed by atoms with van der Waals surface area (Å²) in [6, 6.07) is 6.59. The van der Waals surface area contributed by atoms with E-state index in [0.29, 0.717) is 12.1 Å². The Balaban J connectivity index is 1.86. The van der Waals surface area contributed by atoms with E-state index in [1.165, 1.54) is 6.42 Å². The SMILES string of the molecule is Cn1ccc([C@@H]2CCCCCN2Cc2cccc(F)c2F)n1. The average Bonchev–Trinajstić information content (AvgIpc) is 2.79. The van der Waals surface area contributed by atoms with Crippen LogP contribution in [0.15, 0.2) is 30.5 Å². The van der Waals surface area contributed by atoms with E-state index in [0.717, 1.165) is 37.6 Å². The quantitative estimate of drug-likeness (QED) is 0.859. The van der Waals surface area contributed by atoms with E-state index in [4.69, 9.17) is 0 Å². The highest BCUT2D eigenvalue weighted by Crippen LogP contribution is 2.31. The first-order valence-electron chi connectivity index (χ1n) is 7.81. The molecule has 1 saturated heterocycles. The molecule has 0 bridgehead atoms. The second-order valence-electron chi connectivity index (χ2n) is 5.96. The number of likely N-dealkylation sites (tertiary alicyclic amines) is 1. The zero-order valence-corrected chi connectivity index (χ0v) is 12.8. The zero-order chi connectivity index (χ0) is 15.5. The maximum absolute atomic E-state index is 14.0. The van der Waals surface area contributed by atoms with Crippen molar-refractivity contribution < 1.29 is 8.78 Å². The number of aryl methyl sites for hydroxylation is 1. The van der Waals surface area contributed by atoms with Gasteiger partial charge in [0.1, 0.15) is 0 Å². The third-order valence-corrected chi connectivity index (χ3v) is 4.34. The minimum Gasteiger partial charge on any atom is -0.290 e. The Hall–Kier alpha value is -1.75. The molecule has 0 amide bonds. The molecule has 22 heavy (non-hydrogen) atoms. The van der Waals surface area contributed by atoms with Gasteiger partial charge in [-0.05, 0) is 31.5 Å². The molecule has 0 saturated carbocycles. The summed E-state index contributed by atoms with van der Waals surface area (Å²) in [5.41, 5.74) is 1.43. The Bertz CT molecular complexity index is 639. The van der Waals surface area contributed by atoms with Crippen molar-refractivity contribution >= 4 is 0 Å². The number of benzene rings is 1. The second kappa shape index (κ2) is 6.57. The van der Waals surface area contributed by atoms with Crippen molar-refractivity contribution in [3.8, 4) is 0 Å². The van der Waals surface area contributed by atoms with Crippen LogP contribution in [0.1, 0.15) is 43.0 Å². The highest BCUT2D eigenvalue weighted by molar-refractivity contribution is 5.19. The van der Waals surface area contributed by atoms with Crippen LogP contribution >= 0.6 is 0 Å². The molecule has 118 valence electrons. The molecular formula is C17H21F2N3. The van der Waals surface area contributed by atoms with Crippen LogP contribution in [0.5, 0.6) is 0 Å². The molecule has 0 spiro atoms. The van der Waals surface area contributed by atoms with Gasteiger partial charge in [-0.2, -0.15) is 5.10 Å². The lowest BCUT2D eigenvalue weighted by Gasteiger charge is -2.29. The molecule has 0 radical (unpaired) electrons. The first-order chi connectivity index (χ1) is 10.6. The Kier molecular flexibility index (Phi) is 4.52. The van der Waals surface area contributed by atoms with Gasteiger partial charge in [0.15, 0.2) is 11.6 Å². The first kappa shape index (κ1) is 15.2. The van der Waals surface area contributed by atoms with Gasteiger partial charge >= 0.3 is 0 Å². The van der Waals surface area contributed by atoms with Gasteiger partial charge in [0.05, 0.1) is 11.7 Å². The second-order valence-corrected chi connectivity index (χ2v) is 5.96. The lowest BCUT2D eigenvalue weighted by atomic mass is 10.1. The van der Waals surface area contributed by atoms with Gasteiger partial charge in [-0.3, -0.25) is 9.58 Å². The van der Waals surface area contributed by atoms with Crippen molar-refractivity contribution in [2.24, 2.45) is 7.05 Å². The van der Waals surface area contributed by atoms with Crippen molar-refractivity contribution in [1.29, 1.82) is 0 Å². The molecule has 0 unspecified atom stereocenters. The van der Waals surface area contributed by atoms with Crippen LogP contribution in [0.4, 0.5) is 8.78 Å². The van der Waals surface area contributed by atoms with Gasteiger partial charge in [0, 0.05) is 25.4 Å². The molecule has 0 N–H and O–H groups in total. The molecule has 0 aliphatic carbocycles. The molecule has 3 nitrogen and oxygen atoms in total. The van der Waals surface area contributed by atoms with Crippen LogP contribution in [-0.4, -0.2) is 21.2 Å². The normalized spacial score (nSPS) is 20.0. The fourth-order valence-electron chi connectivity index (χ4n) is 3.19. The molecule has 1 aliphatic heterocycles. The molecule has 2 aromatic rings. The topological polar surface area (TPSA) is 21.1 Å². The molecule has 1 aromatic carbocycles. The van der Waals surface area contributed by atoms with Crippen LogP contribution < -0.4 is 0 Å². The third-order valence-electron chi connectivity index (χ3n) is 4.34. The summed E-state index contributed by atoms with van der Waals surface area (Å²) in [5, 5.41) is 4.52. The summed E-state index contributed by atoms with van der Waals surface area (Å²) in [4.78, 5) is 2.23. The maximum Gasteiger partial charge on any atom is 0.163 e. The monoisotopic (exact) mass is 305 g/mol. The summed E-state index contributed by atoms with van der Waals surface area (Å²) >= 11 is 0. The van der Waals surface area contributed by atoms with E-state index in [-0.39, 0.29) is 6.04 Å². The van der Waals surface area contributed by atoms with Gasteiger partial charge < -0.3 is 0 Å². The van der Waals surface area contributed by atoms with Crippen molar-refractivity contribution in [3.63, 3.8) is 0 Å². The van der Waals surface area contributed by atoms with Gasteiger partial charge in [0.2, 0.25) is 0 Å². The van der Waals surface area contributed by atoms with Crippen molar-refractivity contribution in [2.75, 3.05) is 6.54 Å². The Morgan fingerprint density at radius 2 is 2.05 bits per heavy atom. The third kappa shape index (κ3) is 3.19. The molecule has 1 atom stereocenters. The van der Waals surface area contributed by atoms with E-state index < -0.39 is 11.6 Å². The number of nitrogens with zero attached hydrogens (tertiary/aromatic N) is 3. The molecule has 3 rings (SSSR count). The fraction of sp³-hybridized carbons (Fsp3) is 0.471. The number of hydrogen-bond acceptors (Lipinski definition) is 2. The van der Waals surface area contributed by atoms with Crippen LogP contribution in [0, 0.1) is 11.6 Å². The largest absolute Gasteiger partial charge is 0.290 e. The summed E-state index contributed by atoms with van der Waals surface area (Å²) in [6.45, 7) is 1.31. The minimum absolute atomic E-state index is 0.173. The zero-order valence-electron chi connectivity index (χ0n) is 12.8. The molecule has 1 aliphatic rings. The Labute approximate surface area is 129 Å². The van der Waals surface area contributed by atoms with Crippen LogP contribution in [0.3, 0.4) is 0 Å². The maximum atomic E-state index is 14.0. The van der Waals surface area contributed by atoms with Crippen molar-refractivity contribution in [2.45, 2.75) is 38.3 Å². The molecule has 1 aromatic heterocycles. The fourth-order valence-corrected chi connectivity index (χ4v) is 3.19. The summed E-state index contributed by atoms with van der Waals surface area (Å²) in [5.74, 6) is -1.51. The lowest BCUT2D eigenvalue weighted by molar-refractivity contribution is 0.185. The Morgan fingerprint density at radius 1 is 1.18 bits per heavy atom. The summed E-state index contributed by atoms with van der Waals surface area (Å²) in [7, 11) is 1.90. The highest BCUT2D eigenvalue weighted by atomic mass is 19.2. The van der Waals surface area contributed by atoms with E-state index in [1.807, 2.05) is 19.3 Å². The molecular weight excluding hydrogens is 284 g/mol. The van der Waals surface area contributed by atoms with Gasteiger partial charge in [-0.25, -0.2) is 8.78 Å². The number of halogens is 2. The average molecular weight is 305 g/mol. The lowest BCUT2D eigenvalue weighted by Crippen LogP contribution is -2.29. The standard InChI is InChI=1S/C17H21F2N3/c1-21-11-9-15(20-21)16-8-3-2-4-10-22(16)12-13-6-5-7-14(18)17(13)19/h5-7,9,11,16H,2-4,8,10,12H2,1H3/t16-/m0/s1. The molecule has 1 fully saturated rings. The number of rotatable bonds is 3. The van der Waals surface area contributed by atoms with Crippen molar-refractivity contribution in [1.82, 2.24) is 14.7 Å². The predicted molar refractivity (Wildman–Crippen MR) is 81.2 cm³/mol. The highest BCUT2D eigenvalue weighted by Gasteiger charge is 2.25. The van der Waals surface area contributed by atoms with Crippen LogP contribution in [0.25, 0.3) is 0 Å². The van der Waals surface area contributed by atoms with Crippen LogP contribution in [-0.2, 0) is 13.6 Å². The van der Waals surface area contributed by atoms with Crippen molar-refractivity contribution in [3.05, 3.63) is 53.4 Å². The van der Waals surface area contributed by atoms with Gasteiger partial charge in [0.25, 0.3) is 0 Å². The summed E-state index contributed by atoms with van der Waals surface area (Å²) < 4.78 is 29.2. The number of hydrogen-bond donors (Lipinski definition) is 0. The predicted octanol–water partition coefficient (Wildman–Crippen LogP) is 3.82.